The predicted molar refractivity (Wildman–Crippen MR) is 98.5 cm³/mol. The van der Waals surface area contributed by atoms with E-state index in [4.69, 9.17) is 4.74 Å². The van der Waals surface area contributed by atoms with Gasteiger partial charge in [-0.2, -0.15) is 5.10 Å². The van der Waals surface area contributed by atoms with Crippen LogP contribution >= 0.6 is 0 Å². The maximum absolute atomic E-state index is 12.3. The molecule has 2 aromatic rings. The van der Waals surface area contributed by atoms with Crippen LogP contribution < -0.4 is 15.4 Å². The molecule has 0 saturated heterocycles. The molecule has 7 heteroatoms. The highest BCUT2D eigenvalue weighted by atomic mass is 16.5. The number of aliphatic hydroxyl groups excluding tert-OH is 1. The van der Waals surface area contributed by atoms with Gasteiger partial charge in [-0.3, -0.25) is 0 Å². The molecule has 1 fully saturated rings. The summed E-state index contributed by atoms with van der Waals surface area (Å²) in [6.07, 6.45) is 7.34. The number of nitrogens with zero attached hydrogens (tertiary/aromatic N) is 2. The molecule has 1 aliphatic rings. The number of hydrogen-bond acceptors (Lipinski definition) is 4. The molecule has 1 aliphatic carbocycles. The molecule has 0 aliphatic heterocycles. The van der Waals surface area contributed by atoms with Gasteiger partial charge >= 0.3 is 6.03 Å². The number of benzene rings is 1. The Bertz CT molecular complexity index is 735. The van der Waals surface area contributed by atoms with Crippen molar-refractivity contribution < 1.29 is 14.6 Å². The first kappa shape index (κ1) is 18.3. The number of urea groups is 1. The van der Waals surface area contributed by atoms with E-state index in [-0.39, 0.29) is 18.7 Å². The van der Waals surface area contributed by atoms with Crippen LogP contribution in [0.1, 0.15) is 44.2 Å². The molecule has 3 N–H and O–H groups in total. The summed E-state index contributed by atoms with van der Waals surface area (Å²) in [5.74, 6) is 0.789. The first-order valence-corrected chi connectivity index (χ1v) is 8.94. The van der Waals surface area contributed by atoms with E-state index in [0.29, 0.717) is 0 Å². The van der Waals surface area contributed by atoms with Crippen molar-refractivity contribution in [1.82, 2.24) is 20.4 Å². The van der Waals surface area contributed by atoms with Crippen LogP contribution in [0.2, 0.25) is 0 Å². The highest BCUT2D eigenvalue weighted by molar-refractivity contribution is 5.75. The summed E-state index contributed by atoms with van der Waals surface area (Å²) in [6, 6.07) is 7.14. The summed E-state index contributed by atoms with van der Waals surface area (Å²) in [4.78, 5) is 12.3. The van der Waals surface area contributed by atoms with E-state index in [2.05, 4.69) is 15.7 Å². The van der Waals surface area contributed by atoms with Crippen LogP contribution in [0.4, 0.5) is 4.79 Å². The molecule has 0 radical (unpaired) electrons. The SMILES string of the molecule is COc1ccc(-n2cc(C(C)NC(=O)NC3(CO)CCCC3)cn2)cc1. The fourth-order valence-corrected chi connectivity index (χ4v) is 3.37. The van der Waals surface area contributed by atoms with Crippen LogP contribution in [0.3, 0.4) is 0 Å². The van der Waals surface area contributed by atoms with Crippen LogP contribution in [0.25, 0.3) is 5.69 Å². The molecule has 1 aromatic carbocycles. The summed E-state index contributed by atoms with van der Waals surface area (Å²) in [5, 5.41) is 19.9. The largest absolute Gasteiger partial charge is 0.497 e. The van der Waals surface area contributed by atoms with Gasteiger partial charge in [0.15, 0.2) is 0 Å². The highest BCUT2D eigenvalue weighted by Gasteiger charge is 2.34. The molecule has 1 saturated carbocycles. The van der Waals surface area contributed by atoms with Gasteiger partial charge in [0.2, 0.25) is 0 Å². The number of hydrogen-bond donors (Lipinski definition) is 3. The average Bonchev–Trinajstić information content (AvgIpc) is 3.32. The summed E-state index contributed by atoms with van der Waals surface area (Å²) in [5.41, 5.74) is 1.34. The van der Waals surface area contributed by atoms with E-state index in [0.717, 1.165) is 42.7 Å². The maximum atomic E-state index is 12.3. The van der Waals surface area contributed by atoms with Crippen molar-refractivity contribution in [2.45, 2.75) is 44.2 Å². The maximum Gasteiger partial charge on any atom is 0.315 e. The van der Waals surface area contributed by atoms with Gasteiger partial charge in [0.1, 0.15) is 5.75 Å². The Balaban J connectivity index is 1.62. The normalized spacial score (nSPS) is 16.9. The second-order valence-corrected chi connectivity index (χ2v) is 6.88. The molecule has 1 unspecified atom stereocenters. The predicted octanol–water partition coefficient (Wildman–Crippen LogP) is 2.55. The number of methoxy groups -OCH3 is 1. The van der Waals surface area contributed by atoms with Crippen molar-refractivity contribution in [3.63, 3.8) is 0 Å². The van der Waals surface area contributed by atoms with Crippen LogP contribution in [0.15, 0.2) is 36.7 Å². The first-order chi connectivity index (χ1) is 12.5. The van der Waals surface area contributed by atoms with Gasteiger partial charge in [-0.25, -0.2) is 9.48 Å². The molecule has 7 nitrogen and oxygen atoms in total. The molecule has 1 atom stereocenters. The zero-order valence-corrected chi connectivity index (χ0v) is 15.2. The molecule has 140 valence electrons. The van der Waals surface area contributed by atoms with Crippen molar-refractivity contribution in [3.05, 3.63) is 42.2 Å². The lowest BCUT2D eigenvalue weighted by atomic mass is 9.99. The van der Waals surface area contributed by atoms with Crippen LogP contribution in [-0.2, 0) is 0 Å². The Morgan fingerprint density at radius 3 is 2.65 bits per heavy atom. The number of nitrogens with one attached hydrogen (secondary N) is 2. The van der Waals surface area contributed by atoms with Crippen LogP contribution in [0, 0.1) is 0 Å². The van der Waals surface area contributed by atoms with E-state index >= 15 is 0 Å². The molecule has 3 rings (SSSR count). The molecular weight excluding hydrogens is 332 g/mol. The summed E-state index contributed by atoms with van der Waals surface area (Å²) >= 11 is 0. The van der Waals surface area contributed by atoms with E-state index < -0.39 is 5.54 Å². The third-order valence-electron chi connectivity index (χ3n) is 5.03. The van der Waals surface area contributed by atoms with Gasteiger partial charge in [0, 0.05) is 11.8 Å². The monoisotopic (exact) mass is 358 g/mol. The summed E-state index contributed by atoms with van der Waals surface area (Å²) in [7, 11) is 1.63. The third-order valence-corrected chi connectivity index (χ3v) is 5.03. The van der Waals surface area contributed by atoms with Crippen molar-refractivity contribution >= 4 is 6.03 Å². The third kappa shape index (κ3) is 3.99. The number of amides is 2. The smallest absolute Gasteiger partial charge is 0.315 e. The van der Waals surface area contributed by atoms with Crippen molar-refractivity contribution in [1.29, 1.82) is 0 Å². The van der Waals surface area contributed by atoms with Crippen LogP contribution in [-0.4, -0.2) is 40.2 Å². The Kier molecular flexibility index (Phi) is 5.46. The summed E-state index contributed by atoms with van der Waals surface area (Å²) < 4.78 is 6.92. The lowest BCUT2D eigenvalue weighted by Crippen LogP contribution is -2.53. The zero-order chi connectivity index (χ0) is 18.6. The van der Waals surface area contributed by atoms with Gasteiger partial charge in [0.05, 0.1) is 37.2 Å². The molecule has 1 heterocycles. The minimum absolute atomic E-state index is 0.0236. The molecule has 26 heavy (non-hydrogen) atoms. The van der Waals surface area contributed by atoms with Gasteiger partial charge in [-0.05, 0) is 44.0 Å². The topological polar surface area (TPSA) is 88.4 Å². The molecule has 1 aromatic heterocycles. The fourth-order valence-electron chi connectivity index (χ4n) is 3.37. The van der Waals surface area contributed by atoms with Gasteiger partial charge < -0.3 is 20.5 Å². The quantitative estimate of drug-likeness (QED) is 0.740. The molecule has 0 bridgehead atoms. The Hall–Kier alpha value is -2.54. The average molecular weight is 358 g/mol. The van der Waals surface area contributed by atoms with Crippen molar-refractivity contribution in [3.8, 4) is 11.4 Å². The van der Waals surface area contributed by atoms with Crippen molar-refractivity contribution in [2.75, 3.05) is 13.7 Å². The lowest BCUT2D eigenvalue weighted by Gasteiger charge is -2.28. The minimum Gasteiger partial charge on any atom is -0.497 e. The number of rotatable bonds is 6. The van der Waals surface area contributed by atoms with E-state index in [1.165, 1.54) is 0 Å². The molecule has 0 spiro atoms. The Labute approximate surface area is 153 Å². The number of carbonyl (C=O) groups is 1. The zero-order valence-electron chi connectivity index (χ0n) is 15.2. The van der Waals surface area contributed by atoms with Gasteiger partial charge in [-0.1, -0.05) is 12.8 Å². The minimum atomic E-state index is -0.475. The Morgan fingerprint density at radius 1 is 1.35 bits per heavy atom. The van der Waals surface area contributed by atoms with E-state index in [9.17, 15) is 9.90 Å². The fraction of sp³-hybridized carbons (Fsp3) is 0.474. The number of aromatic nitrogens is 2. The standard InChI is InChI=1S/C19H26N4O3/c1-14(21-18(25)22-19(13-24)9-3-4-10-19)15-11-20-23(12-15)16-5-7-17(26-2)8-6-16/h5-8,11-12,14,24H,3-4,9-10,13H2,1-2H3,(H2,21,22,25). The first-order valence-electron chi connectivity index (χ1n) is 8.94. The van der Waals surface area contributed by atoms with Crippen molar-refractivity contribution in [2.24, 2.45) is 0 Å². The van der Waals surface area contributed by atoms with E-state index in [1.54, 1.807) is 18.0 Å². The lowest BCUT2D eigenvalue weighted by molar-refractivity contribution is 0.162. The molecular formula is C19H26N4O3. The summed E-state index contributed by atoms with van der Waals surface area (Å²) in [6.45, 7) is 1.89. The number of ether oxygens (including phenoxy) is 1. The second-order valence-electron chi connectivity index (χ2n) is 6.88. The second kappa shape index (κ2) is 7.78. The van der Waals surface area contributed by atoms with Gasteiger partial charge in [-0.15, -0.1) is 0 Å². The Morgan fingerprint density at radius 2 is 2.04 bits per heavy atom. The van der Waals surface area contributed by atoms with Gasteiger partial charge in [0.25, 0.3) is 0 Å². The van der Waals surface area contributed by atoms with E-state index in [1.807, 2.05) is 37.4 Å². The number of aliphatic hydroxyl groups is 1. The van der Waals surface area contributed by atoms with Crippen LogP contribution in [0.5, 0.6) is 5.75 Å². The molecule has 2 amide bonds. The highest BCUT2D eigenvalue weighted by Crippen LogP contribution is 2.29. The number of carbonyl (C=O) groups excluding carboxylic acids is 1.